The number of benzene rings is 1. The lowest BCUT2D eigenvalue weighted by Gasteiger charge is -2.34. The van der Waals surface area contributed by atoms with Gasteiger partial charge in [-0.2, -0.15) is 5.10 Å². The van der Waals surface area contributed by atoms with Crippen LogP contribution in [0.25, 0.3) is 0 Å². The van der Waals surface area contributed by atoms with E-state index in [1.165, 1.54) is 6.07 Å². The lowest BCUT2D eigenvalue weighted by atomic mass is 10.1. The van der Waals surface area contributed by atoms with Crippen molar-refractivity contribution in [2.45, 2.75) is 12.3 Å². The van der Waals surface area contributed by atoms with Gasteiger partial charge in [0, 0.05) is 44.5 Å². The smallest absolute Gasteiger partial charge is 0.274 e. The predicted octanol–water partition coefficient (Wildman–Crippen LogP) is 2.29. The van der Waals surface area contributed by atoms with Crippen molar-refractivity contribution >= 4 is 17.5 Å². The van der Waals surface area contributed by atoms with E-state index in [1.807, 2.05) is 11.0 Å². The third-order valence-corrected chi connectivity index (χ3v) is 4.62. The number of carbonyl (C=O) groups is 1. The number of alkyl halides is 1. The normalized spacial score (nSPS) is 15.7. The van der Waals surface area contributed by atoms with Crippen LogP contribution in [0.15, 0.2) is 30.5 Å². The summed E-state index contributed by atoms with van der Waals surface area (Å²) in [5.74, 6) is -0.000706. The summed E-state index contributed by atoms with van der Waals surface area (Å²) in [4.78, 5) is 16.6. The van der Waals surface area contributed by atoms with Crippen molar-refractivity contribution in [2.24, 2.45) is 0 Å². The van der Waals surface area contributed by atoms with Gasteiger partial charge < -0.3 is 4.90 Å². The molecule has 1 amide bonds. The Bertz CT molecular complexity index is 697. The molecular weight excluding hydrogens is 331 g/mol. The molecule has 128 valence electrons. The van der Waals surface area contributed by atoms with Crippen LogP contribution in [-0.2, 0) is 12.3 Å². The number of amides is 1. The molecule has 1 aliphatic rings. The maximum atomic E-state index is 13.2. The summed E-state index contributed by atoms with van der Waals surface area (Å²) in [6.45, 7) is 3.80. The van der Waals surface area contributed by atoms with Crippen molar-refractivity contribution in [3.8, 4) is 0 Å². The fourth-order valence-electron chi connectivity index (χ4n) is 2.91. The average Bonchev–Trinajstić information content (AvgIpc) is 3.08. The summed E-state index contributed by atoms with van der Waals surface area (Å²) in [7, 11) is 0. The first-order chi connectivity index (χ1) is 11.7. The first kappa shape index (κ1) is 16.9. The van der Waals surface area contributed by atoms with Gasteiger partial charge in [-0.15, -0.1) is 11.6 Å². The van der Waals surface area contributed by atoms with Crippen LogP contribution in [0.1, 0.15) is 21.6 Å². The Labute approximate surface area is 145 Å². The van der Waals surface area contributed by atoms with Gasteiger partial charge in [0.25, 0.3) is 5.91 Å². The van der Waals surface area contributed by atoms with E-state index in [0.29, 0.717) is 18.8 Å². The maximum Gasteiger partial charge on any atom is 0.274 e. The third kappa shape index (κ3) is 3.94. The molecule has 1 aromatic heterocycles. The number of aromatic amines is 1. The minimum atomic E-state index is -0.197. The first-order valence-electron chi connectivity index (χ1n) is 8.02. The molecule has 1 aromatic carbocycles. The molecule has 2 heterocycles. The standard InChI is InChI=1S/C17H20ClFN4O/c18-11-14-12-20-21-16(14)17(24)23-8-6-22(7-9-23)5-4-13-2-1-3-15(19)10-13/h1-3,10,12H,4-9,11H2,(H,20,21). The number of hydrogen-bond donors (Lipinski definition) is 1. The topological polar surface area (TPSA) is 52.2 Å². The summed E-state index contributed by atoms with van der Waals surface area (Å²) in [6, 6.07) is 6.71. The average molecular weight is 351 g/mol. The molecule has 1 N–H and O–H groups in total. The Morgan fingerprint density at radius 1 is 1.29 bits per heavy atom. The number of hydrogen-bond acceptors (Lipinski definition) is 3. The van der Waals surface area contributed by atoms with Gasteiger partial charge in [0.15, 0.2) is 5.69 Å². The monoisotopic (exact) mass is 350 g/mol. The van der Waals surface area contributed by atoms with Crippen LogP contribution >= 0.6 is 11.6 Å². The maximum absolute atomic E-state index is 13.2. The van der Waals surface area contributed by atoms with Crippen molar-refractivity contribution in [3.05, 3.63) is 53.1 Å². The quantitative estimate of drug-likeness (QED) is 0.842. The van der Waals surface area contributed by atoms with E-state index in [-0.39, 0.29) is 17.6 Å². The first-order valence-corrected chi connectivity index (χ1v) is 8.55. The highest BCUT2D eigenvalue weighted by atomic mass is 35.5. The Kier molecular flexibility index (Phi) is 5.48. The zero-order valence-corrected chi connectivity index (χ0v) is 14.1. The highest BCUT2D eigenvalue weighted by Crippen LogP contribution is 2.13. The van der Waals surface area contributed by atoms with E-state index < -0.39 is 0 Å². The molecule has 1 aliphatic heterocycles. The van der Waals surface area contributed by atoms with E-state index in [9.17, 15) is 9.18 Å². The molecule has 24 heavy (non-hydrogen) atoms. The molecule has 0 spiro atoms. The highest BCUT2D eigenvalue weighted by Gasteiger charge is 2.25. The molecule has 0 radical (unpaired) electrons. The highest BCUT2D eigenvalue weighted by molar-refractivity contribution is 6.17. The summed E-state index contributed by atoms with van der Waals surface area (Å²) < 4.78 is 13.2. The van der Waals surface area contributed by atoms with Gasteiger partial charge in [-0.05, 0) is 24.1 Å². The van der Waals surface area contributed by atoms with Crippen molar-refractivity contribution in [1.82, 2.24) is 20.0 Å². The van der Waals surface area contributed by atoms with Gasteiger partial charge in [-0.25, -0.2) is 4.39 Å². The minimum absolute atomic E-state index is 0.0725. The molecule has 0 atom stereocenters. The SMILES string of the molecule is O=C(c1n[nH]cc1CCl)N1CCN(CCc2cccc(F)c2)CC1. The van der Waals surface area contributed by atoms with E-state index in [4.69, 9.17) is 11.6 Å². The zero-order valence-electron chi connectivity index (χ0n) is 13.3. The van der Waals surface area contributed by atoms with Crippen LogP contribution in [0.2, 0.25) is 0 Å². The van der Waals surface area contributed by atoms with Crippen molar-refractivity contribution in [3.63, 3.8) is 0 Å². The number of nitrogens with zero attached hydrogens (tertiary/aromatic N) is 3. The molecule has 1 fully saturated rings. The van der Waals surface area contributed by atoms with E-state index in [0.717, 1.165) is 37.2 Å². The Balaban J connectivity index is 1.50. The van der Waals surface area contributed by atoms with Crippen LogP contribution in [0.3, 0.4) is 0 Å². The van der Waals surface area contributed by atoms with Crippen LogP contribution in [0, 0.1) is 5.82 Å². The van der Waals surface area contributed by atoms with Crippen LogP contribution < -0.4 is 0 Å². The largest absolute Gasteiger partial charge is 0.335 e. The number of H-pyrrole nitrogens is 1. The van der Waals surface area contributed by atoms with E-state index in [1.54, 1.807) is 18.3 Å². The minimum Gasteiger partial charge on any atom is -0.335 e. The number of aromatic nitrogens is 2. The number of carbonyl (C=O) groups excluding carboxylic acids is 1. The van der Waals surface area contributed by atoms with Crippen molar-refractivity contribution in [1.29, 1.82) is 0 Å². The summed E-state index contributed by atoms with van der Waals surface area (Å²) in [5, 5.41) is 6.71. The van der Waals surface area contributed by atoms with E-state index >= 15 is 0 Å². The second kappa shape index (κ2) is 7.77. The molecule has 2 aromatic rings. The second-order valence-electron chi connectivity index (χ2n) is 5.91. The zero-order chi connectivity index (χ0) is 16.9. The molecule has 5 nitrogen and oxygen atoms in total. The number of piperazine rings is 1. The van der Waals surface area contributed by atoms with Gasteiger partial charge in [0.1, 0.15) is 5.82 Å². The van der Waals surface area contributed by atoms with Gasteiger partial charge in [0.05, 0.1) is 5.88 Å². The molecule has 0 aliphatic carbocycles. The number of nitrogens with one attached hydrogen (secondary N) is 1. The molecule has 0 saturated carbocycles. The Hall–Kier alpha value is -1.92. The lowest BCUT2D eigenvalue weighted by molar-refractivity contribution is 0.0632. The summed E-state index contributed by atoms with van der Waals surface area (Å²) in [6.07, 6.45) is 2.47. The predicted molar refractivity (Wildman–Crippen MR) is 90.6 cm³/mol. The van der Waals surface area contributed by atoms with Gasteiger partial charge in [-0.1, -0.05) is 12.1 Å². The Morgan fingerprint density at radius 3 is 2.79 bits per heavy atom. The molecule has 0 unspecified atom stereocenters. The molecular formula is C17H20ClFN4O. The summed E-state index contributed by atoms with van der Waals surface area (Å²) in [5.41, 5.74) is 2.14. The van der Waals surface area contributed by atoms with Gasteiger partial charge in [-0.3, -0.25) is 14.8 Å². The lowest BCUT2D eigenvalue weighted by Crippen LogP contribution is -2.49. The third-order valence-electron chi connectivity index (χ3n) is 4.33. The Morgan fingerprint density at radius 2 is 2.08 bits per heavy atom. The van der Waals surface area contributed by atoms with Crippen LogP contribution in [0.4, 0.5) is 4.39 Å². The van der Waals surface area contributed by atoms with Gasteiger partial charge >= 0.3 is 0 Å². The fourth-order valence-corrected chi connectivity index (χ4v) is 3.11. The van der Waals surface area contributed by atoms with Crippen LogP contribution in [0.5, 0.6) is 0 Å². The van der Waals surface area contributed by atoms with Crippen molar-refractivity contribution in [2.75, 3.05) is 32.7 Å². The van der Waals surface area contributed by atoms with Gasteiger partial charge in [0.2, 0.25) is 0 Å². The van der Waals surface area contributed by atoms with E-state index in [2.05, 4.69) is 15.1 Å². The molecule has 3 rings (SSSR count). The fraction of sp³-hybridized carbons (Fsp3) is 0.412. The number of halogens is 2. The molecule has 7 heteroatoms. The van der Waals surface area contributed by atoms with Crippen molar-refractivity contribution < 1.29 is 9.18 Å². The molecule has 0 bridgehead atoms. The number of rotatable bonds is 5. The summed E-state index contributed by atoms with van der Waals surface area (Å²) >= 11 is 5.82. The second-order valence-corrected chi connectivity index (χ2v) is 6.17. The van der Waals surface area contributed by atoms with Crippen LogP contribution in [-0.4, -0.2) is 58.6 Å². The molecule has 1 saturated heterocycles.